The van der Waals surface area contributed by atoms with Crippen LogP contribution in [-0.4, -0.2) is 36.1 Å². The maximum absolute atomic E-state index is 12.1. The normalized spacial score (nSPS) is 15.4. The van der Waals surface area contributed by atoms with Crippen LogP contribution in [0.1, 0.15) is 40.5 Å². The van der Waals surface area contributed by atoms with Gasteiger partial charge in [0, 0.05) is 11.8 Å². The summed E-state index contributed by atoms with van der Waals surface area (Å²) in [5.74, 6) is -2.27. The van der Waals surface area contributed by atoms with Gasteiger partial charge in [0.2, 0.25) is 11.8 Å². The second kappa shape index (κ2) is 7.03. The van der Waals surface area contributed by atoms with Crippen LogP contribution in [0.3, 0.4) is 0 Å². The van der Waals surface area contributed by atoms with Gasteiger partial charge in [0.25, 0.3) is 10.1 Å². The van der Waals surface area contributed by atoms with E-state index in [2.05, 4.69) is 5.32 Å². The average Bonchev–Trinajstić information content (AvgIpc) is 2.20. The van der Waals surface area contributed by atoms with Gasteiger partial charge in [0.05, 0.1) is 11.3 Å². The molecule has 0 aromatic rings. The molecule has 0 aliphatic rings. The quantitative estimate of drug-likeness (QED) is 0.556. The largest absolute Gasteiger partial charge is 0.369 e. The Balaban J connectivity index is 4.74. The number of hydrogen-bond acceptors (Lipinski definition) is 4. The van der Waals surface area contributed by atoms with Gasteiger partial charge in [0.15, 0.2) is 0 Å². The molecule has 8 heteroatoms. The summed E-state index contributed by atoms with van der Waals surface area (Å²) >= 11 is 0. The van der Waals surface area contributed by atoms with Crippen molar-refractivity contribution >= 4 is 21.9 Å². The molecule has 2 amide bonds. The molecule has 2 atom stereocenters. The van der Waals surface area contributed by atoms with Gasteiger partial charge in [-0.15, -0.1) is 0 Å². The third-order valence-electron chi connectivity index (χ3n) is 2.99. The van der Waals surface area contributed by atoms with E-state index in [1.165, 1.54) is 13.8 Å². The first-order valence-electron chi connectivity index (χ1n) is 6.44. The molecule has 2 unspecified atom stereocenters. The predicted octanol–water partition coefficient (Wildman–Crippen LogP) is 0.307. The Hall–Kier alpha value is -1.15. The van der Waals surface area contributed by atoms with Gasteiger partial charge in [-0.05, 0) is 26.7 Å². The Morgan fingerprint density at radius 3 is 2.20 bits per heavy atom. The lowest BCUT2D eigenvalue weighted by atomic mass is 9.91. The highest BCUT2D eigenvalue weighted by atomic mass is 32.2. The molecule has 0 spiro atoms. The van der Waals surface area contributed by atoms with Gasteiger partial charge in [0.1, 0.15) is 0 Å². The fraction of sp³-hybridized carbons (Fsp3) is 0.833. The number of carbonyl (C=O) groups is 2. The molecule has 0 aromatic carbocycles. The second-order valence-corrected chi connectivity index (χ2v) is 7.20. The minimum Gasteiger partial charge on any atom is -0.369 e. The van der Waals surface area contributed by atoms with Crippen molar-refractivity contribution in [1.29, 1.82) is 0 Å². The molecule has 0 bridgehead atoms. The molecule has 0 saturated heterocycles. The topological polar surface area (TPSA) is 127 Å². The fourth-order valence-corrected chi connectivity index (χ4v) is 2.91. The van der Waals surface area contributed by atoms with Crippen molar-refractivity contribution in [2.24, 2.45) is 17.6 Å². The van der Waals surface area contributed by atoms with Crippen LogP contribution < -0.4 is 11.1 Å². The van der Waals surface area contributed by atoms with Crippen LogP contribution in [0.15, 0.2) is 0 Å². The van der Waals surface area contributed by atoms with Gasteiger partial charge < -0.3 is 11.1 Å². The van der Waals surface area contributed by atoms with Crippen molar-refractivity contribution in [3.63, 3.8) is 0 Å². The Morgan fingerprint density at radius 2 is 1.85 bits per heavy atom. The van der Waals surface area contributed by atoms with E-state index in [1.807, 2.05) is 0 Å². The summed E-state index contributed by atoms with van der Waals surface area (Å²) in [5.41, 5.74) is 4.08. The Bertz CT molecular complexity index is 458. The van der Waals surface area contributed by atoms with Crippen LogP contribution in [0.2, 0.25) is 0 Å². The van der Waals surface area contributed by atoms with E-state index < -0.39 is 39.2 Å². The van der Waals surface area contributed by atoms with Crippen LogP contribution in [0, 0.1) is 11.8 Å². The zero-order chi connectivity index (χ0) is 16.1. The summed E-state index contributed by atoms with van der Waals surface area (Å²) in [4.78, 5) is 23.1. The molecule has 118 valence electrons. The number of primary amides is 1. The van der Waals surface area contributed by atoms with Crippen molar-refractivity contribution in [3.8, 4) is 0 Å². The van der Waals surface area contributed by atoms with Crippen molar-refractivity contribution in [3.05, 3.63) is 0 Å². The Labute approximate surface area is 120 Å². The molecule has 0 fully saturated rings. The van der Waals surface area contributed by atoms with E-state index in [0.29, 0.717) is 12.8 Å². The molecule has 0 heterocycles. The summed E-state index contributed by atoms with van der Waals surface area (Å²) in [6, 6.07) is 0. The number of rotatable bonds is 8. The first-order valence-corrected chi connectivity index (χ1v) is 8.05. The lowest BCUT2D eigenvalue weighted by Gasteiger charge is -2.28. The van der Waals surface area contributed by atoms with Crippen LogP contribution in [0.5, 0.6) is 0 Å². The van der Waals surface area contributed by atoms with E-state index in [-0.39, 0.29) is 5.91 Å². The lowest BCUT2D eigenvalue weighted by molar-refractivity contribution is -0.128. The summed E-state index contributed by atoms with van der Waals surface area (Å²) in [7, 11) is -4.19. The smallest absolute Gasteiger partial charge is 0.267 e. The second-order valence-electron chi connectivity index (χ2n) is 5.74. The van der Waals surface area contributed by atoms with Gasteiger partial charge in [-0.25, -0.2) is 0 Å². The number of carbonyl (C=O) groups excluding carboxylic acids is 2. The van der Waals surface area contributed by atoms with Gasteiger partial charge >= 0.3 is 0 Å². The number of hydrogen-bond donors (Lipinski definition) is 3. The molecule has 0 aliphatic heterocycles. The summed E-state index contributed by atoms with van der Waals surface area (Å²) in [5, 5.41) is 2.58. The maximum Gasteiger partial charge on any atom is 0.267 e. The van der Waals surface area contributed by atoms with Crippen molar-refractivity contribution in [2.75, 3.05) is 5.75 Å². The van der Waals surface area contributed by atoms with Gasteiger partial charge in [-0.1, -0.05) is 13.8 Å². The number of nitrogens with one attached hydrogen (secondary N) is 1. The standard InChI is InChI=1S/C12H24N2O5S/c1-5-9(6-8(2)10(13)15)11(16)14-12(3,4)7-20(17,18)19/h8-9H,5-7H2,1-4H3,(H2,13,15)(H,14,16)(H,17,18,19). The monoisotopic (exact) mass is 308 g/mol. The molecular weight excluding hydrogens is 284 g/mol. The molecule has 7 nitrogen and oxygen atoms in total. The fourth-order valence-electron chi connectivity index (χ4n) is 1.93. The summed E-state index contributed by atoms with van der Waals surface area (Å²) in [6.45, 7) is 6.45. The minimum absolute atomic E-state index is 0.305. The van der Waals surface area contributed by atoms with Crippen LogP contribution >= 0.6 is 0 Å². The molecule has 0 radical (unpaired) electrons. The zero-order valence-corrected chi connectivity index (χ0v) is 13.2. The number of nitrogens with two attached hydrogens (primary N) is 1. The molecule has 0 saturated carbocycles. The van der Waals surface area contributed by atoms with E-state index in [0.717, 1.165) is 0 Å². The highest BCUT2D eigenvalue weighted by molar-refractivity contribution is 7.85. The van der Waals surface area contributed by atoms with Gasteiger partial charge in [-0.2, -0.15) is 8.42 Å². The minimum atomic E-state index is -4.19. The predicted molar refractivity (Wildman–Crippen MR) is 75.4 cm³/mol. The van der Waals surface area contributed by atoms with Crippen molar-refractivity contribution in [1.82, 2.24) is 5.32 Å². The number of amides is 2. The average molecular weight is 308 g/mol. The highest BCUT2D eigenvalue weighted by Gasteiger charge is 2.30. The molecule has 0 aromatic heterocycles. The first kappa shape index (κ1) is 18.9. The Morgan fingerprint density at radius 1 is 1.35 bits per heavy atom. The first-order chi connectivity index (χ1) is 8.88. The van der Waals surface area contributed by atoms with Crippen LogP contribution in [0.25, 0.3) is 0 Å². The third-order valence-corrected chi connectivity index (χ3v) is 4.08. The van der Waals surface area contributed by atoms with Crippen LogP contribution in [-0.2, 0) is 19.7 Å². The molecule has 4 N–H and O–H groups in total. The third kappa shape index (κ3) is 7.44. The molecule has 20 heavy (non-hydrogen) atoms. The summed E-state index contributed by atoms with van der Waals surface area (Å²) in [6.07, 6.45) is 0.811. The highest BCUT2D eigenvalue weighted by Crippen LogP contribution is 2.17. The molecule has 0 rings (SSSR count). The lowest BCUT2D eigenvalue weighted by Crippen LogP contribution is -2.50. The van der Waals surface area contributed by atoms with E-state index in [9.17, 15) is 18.0 Å². The van der Waals surface area contributed by atoms with E-state index >= 15 is 0 Å². The van der Waals surface area contributed by atoms with Crippen molar-refractivity contribution in [2.45, 2.75) is 46.1 Å². The zero-order valence-electron chi connectivity index (χ0n) is 12.3. The van der Waals surface area contributed by atoms with E-state index in [4.69, 9.17) is 10.3 Å². The van der Waals surface area contributed by atoms with Crippen LogP contribution in [0.4, 0.5) is 0 Å². The van der Waals surface area contributed by atoms with Crippen molar-refractivity contribution < 1.29 is 22.6 Å². The molecular formula is C12H24N2O5S. The van der Waals surface area contributed by atoms with E-state index in [1.54, 1.807) is 13.8 Å². The Kier molecular flexibility index (Phi) is 6.63. The SMILES string of the molecule is CCC(CC(C)C(N)=O)C(=O)NC(C)(C)CS(=O)(=O)O. The van der Waals surface area contributed by atoms with Gasteiger partial charge in [-0.3, -0.25) is 14.1 Å². The molecule has 0 aliphatic carbocycles. The maximum atomic E-state index is 12.1. The summed E-state index contributed by atoms with van der Waals surface area (Å²) < 4.78 is 30.6.